The molecule has 0 aliphatic carbocycles. The molecule has 2 aromatic rings. The standard InChI is InChI=1S/C21H27N3O/c1-18(25)21(23-20-10-6-3-7-11-20)12-15-24(16-13-21)17-14-22-19-8-4-2-5-9-19/h2-11,22-23H,12-17H2,1H3. The molecule has 0 unspecified atom stereocenters. The molecule has 3 rings (SSSR count). The quantitative estimate of drug-likeness (QED) is 0.810. The summed E-state index contributed by atoms with van der Waals surface area (Å²) in [6.45, 7) is 5.51. The molecule has 0 spiro atoms. The molecule has 0 amide bonds. The van der Waals surface area contributed by atoms with Crippen molar-refractivity contribution < 1.29 is 4.79 Å². The Kier molecular flexibility index (Phi) is 5.71. The molecule has 4 nitrogen and oxygen atoms in total. The number of ketones is 1. The lowest BCUT2D eigenvalue weighted by molar-refractivity contribution is -0.122. The van der Waals surface area contributed by atoms with E-state index in [1.54, 1.807) is 6.92 Å². The number of carbonyl (C=O) groups excluding carboxylic acids is 1. The number of hydrogen-bond acceptors (Lipinski definition) is 4. The lowest BCUT2D eigenvalue weighted by Crippen LogP contribution is -2.54. The molecule has 0 bridgehead atoms. The van der Waals surface area contributed by atoms with Gasteiger partial charge >= 0.3 is 0 Å². The minimum absolute atomic E-state index is 0.235. The molecular formula is C21H27N3O. The maximum absolute atomic E-state index is 12.3. The van der Waals surface area contributed by atoms with Crippen LogP contribution < -0.4 is 10.6 Å². The Bertz CT molecular complexity index is 664. The predicted octanol–water partition coefficient (Wildman–Crippen LogP) is 3.63. The highest BCUT2D eigenvalue weighted by molar-refractivity contribution is 5.89. The third kappa shape index (κ3) is 4.60. The topological polar surface area (TPSA) is 44.4 Å². The zero-order chi connectivity index (χ0) is 17.5. The number of nitrogens with zero attached hydrogens (tertiary/aromatic N) is 1. The number of likely N-dealkylation sites (tertiary alicyclic amines) is 1. The Morgan fingerprint density at radius 3 is 2.08 bits per heavy atom. The van der Waals surface area contributed by atoms with Gasteiger partial charge in [0.1, 0.15) is 0 Å². The van der Waals surface area contributed by atoms with Crippen molar-refractivity contribution in [2.75, 3.05) is 36.8 Å². The molecular weight excluding hydrogens is 310 g/mol. The first-order valence-electron chi connectivity index (χ1n) is 9.03. The van der Waals surface area contributed by atoms with Gasteiger partial charge in [0.05, 0.1) is 5.54 Å². The number of para-hydroxylation sites is 2. The summed E-state index contributed by atoms with van der Waals surface area (Å²) in [5.74, 6) is 0.235. The summed E-state index contributed by atoms with van der Waals surface area (Å²) in [7, 11) is 0. The van der Waals surface area contributed by atoms with E-state index in [1.165, 1.54) is 0 Å². The van der Waals surface area contributed by atoms with Crippen LogP contribution in [0.4, 0.5) is 11.4 Å². The molecule has 0 atom stereocenters. The Labute approximate surface area is 150 Å². The molecule has 25 heavy (non-hydrogen) atoms. The molecule has 1 saturated heterocycles. The van der Waals surface area contributed by atoms with Crippen LogP contribution in [0.2, 0.25) is 0 Å². The van der Waals surface area contributed by atoms with E-state index in [2.05, 4.69) is 27.7 Å². The Balaban J connectivity index is 1.51. The van der Waals surface area contributed by atoms with Crippen LogP contribution in [0.15, 0.2) is 60.7 Å². The molecule has 1 aliphatic heterocycles. The zero-order valence-corrected chi connectivity index (χ0v) is 14.9. The van der Waals surface area contributed by atoms with Crippen LogP contribution in [0.3, 0.4) is 0 Å². The van der Waals surface area contributed by atoms with Crippen LogP contribution in [0.25, 0.3) is 0 Å². The molecule has 1 heterocycles. The fraction of sp³-hybridized carbons (Fsp3) is 0.381. The second-order valence-corrected chi connectivity index (χ2v) is 6.76. The highest BCUT2D eigenvalue weighted by Crippen LogP contribution is 2.28. The molecule has 2 aromatic carbocycles. The van der Waals surface area contributed by atoms with Crippen LogP contribution >= 0.6 is 0 Å². The summed E-state index contributed by atoms with van der Waals surface area (Å²) in [6, 6.07) is 20.3. The molecule has 2 N–H and O–H groups in total. The summed E-state index contributed by atoms with van der Waals surface area (Å²) >= 11 is 0. The minimum atomic E-state index is -0.426. The molecule has 132 valence electrons. The second kappa shape index (κ2) is 8.17. The average molecular weight is 337 g/mol. The van der Waals surface area contributed by atoms with E-state index in [-0.39, 0.29) is 5.78 Å². The van der Waals surface area contributed by atoms with Crippen LogP contribution in [0.1, 0.15) is 19.8 Å². The Hall–Kier alpha value is -2.33. The zero-order valence-electron chi connectivity index (χ0n) is 14.9. The second-order valence-electron chi connectivity index (χ2n) is 6.76. The van der Waals surface area contributed by atoms with Gasteiger partial charge in [-0.3, -0.25) is 4.79 Å². The van der Waals surface area contributed by atoms with Crippen molar-refractivity contribution >= 4 is 17.2 Å². The number of Topliss-reactive ketones (excluding diaryl/α,β-unsaturated/α-hetero) is 1. The summed E-state index contributed by atoms with van der Waals surface area (Å²) in [4.78, 5) is 14.8. The third-order valence-electron chi connectivity index (χ3n) is 5.07. The van der Waals surface area contributed by atoms with E-state index in [0.29, 0.717) is 0 Å². The number of anilines is 2. The van der Waals surface area contributed by atoms with Gasteiger partial charge in [-0.15, -0.1) is 0 Å². The molecule has 0 radical (unpaired) electrons. The normalized spacial score (nSPS) is 17.0. The lowest BCUT2D eigenvalue weighted by atomic mass is 9.83. The van der Waals surface area contributed by atoms with Crippen molar-refractivity contribution in [2.24, 2.45) is 0 Å². The van der Waals surface area contributed by atoms with Crippen LogP contribution in [0.5, 0.6) is 0 Å². The minimum Gasteiger partial charge on any atom is -0.384 e. The fourth-order valence-electron chi connectivity index (χ4n) is 3.44. The summed E-state index contributed by atoms with van der Waals surface area (Å²) in [5.41, 5.74) is 1.75. The van der Waals surface area contributed by atoms with Crippen LogP contribution in [-0.2, 0) is 4.79 Å². The van der Waals surface area contributed by atoms with Crippen molar-refractivity contribution in [1.29, 1.82) is 0 Å². The maximum Gasteiger partial charge on any atom is 0.155 e. The summed E-state index contributed by atoms with van der Waals surface area (Å²) in [6.07, 6.45) is 1.70. The highest BCUT2D eigenvalue weighted by Gasteiger charge is 2.38. The maximum atomic E-state index is 12.3. The van der Waals surface area contributed by atoms with Gasteiger partial charge in [-0.05, 0) is 44.0 Å². The van der Waals surface area contributed by atoms with Gasteiger partial charge in [0, 0.05) is 37.6 Å². The van der Waals surface area contributed by atoms with E-state index in [4.69, 9.17) is 0 Å². The van der Waals surface area contributed by atoms with E-state index in [0.717, 1.165) is 50.4 Å². The van der Waals surface area contributed by atoms with Gasteiger partial charge in [0.2, 0.25) is 0 Å². The number of nitrogens with one attached hydrogen (secondary N) is 2. The summed E-state index contributed by atoms with van der Waals surface area (Å²) < 4.78 is 0. The molecule has 0 saturated carbocycles. The number of carbonyl (C=O) groups is 1. The highest BCUT2D eigenvalue weighted by atomic mass is 16.1. The van der Waals surface area contributed by atoms with Gasteiger partial charge in [0.25, 0.3) is 0 Å². The first kappa shape index (κ1) is 17.5. The van der Waals surface area contributed by atoms with E-state index in [1.807, 2.05) is 48.5 Å². The van der Waals surface area contributed by atoms with E-state index < -0.39 is 5.54 Å². The van der Waals surface area contributed by atoms with Crippen LogP contribution in [0, 0.1) is 0 Å². The largest absolute Gasteiger partial charge is 0.384 e. The first-order valence-corrected chi connectivity index (χ1v) is 9.03. The molecule has 1 fully saturated rings. The van der Waals surface area contributed by atoms with Crippen molar-refractivity contribution in [2.45, 2.75) is 25.3 Å². The molecule has 0 aromatic heterocycles. The van der Waals surface area contributed by atoms with Crippen LogP contribution in [-0.4, -0.2) is 42.4 Å². The van der Waals surface area contributed by atoms with Crippen molar-refractivity contribution in [3.63, 3.8) is 0 Å². The fourth-order valence-corrected chi connectivity index (χ4v) is 3.44. The third-order valence-corrected chi connectivity index (χ3v) is 5.07. The molecule has 1 aliphatic rings. The average Bonchev–Trinajstić information content (AvgIpc) is 2.65. The van der Waals surface area contributed by atoms with Crippen molar-refractivity contribution in [3.8, 4) is 0 Å². The Morgan fingerprint density at radius 2 is 1.52 bits per heavy atom. The van der Waals surface area contributed by atoms with Gasteiger partial charge in [-0.1, -0.05) is 36.4 Å². The number of rotatable bonds is 7. The number of benzene rings is 2. The molecule has 4 heteroatoms. The van der Waals surface area contributed by atoms with E-state index >= 15 is 0 Å². The van der Waals surface area contributed by atoms with Gasteiger partial charge < -0.3 is 15.5 Å². The predicted molar refractivity (Wildman–Crippen MR) is 104 cm³/mol. The lowest BCUT2D eigenvalue weighted by Gasteiger charge is -2.41. The smallest absolute Gasteiger partial charge is 0.155 e. The SMILES string of the molecule is CC(=O)C1(Nc2ccccc2)CCN(CCNc2ccccc2)CC1. The number of hydrogen-bond donors (Lipinski definition) is 2. The Morgan fingerprint density at radius 1 is 0.960 bits per heavy atom. The first-order chi connectivity index (χ1) is 12.2. The summed E-state index contributed by atoms with van der Waals surface area (Å²) in [5, 5.41) is 6.96. The van der Waals surface area contributed by atoms with Crippen molar-refractivity contribution in [1.82, 2.24) is 4.90 Å². The van der Waals surface area contributed by atoms with Crippen molar-refractivity contribution in [3.05, 3.63) is 60.7 Å². The number of piperidine rings is 1. The van der Waals surface area contributed by atoms with E-state index in [9.17, 15) is 4.79 Å². The van der Waals surface area contributed by atoms with Gasteiger partial charge in [0.15, 0.2) is 5.78 Å². The van der Waals surface area contributed by atoms with Gasteiger partial charge in [-0.2, -0.15) is 0 Å². The van der Waals surface area contributed by atoms with Gasteiger partial charge in [-0.25, -0.2) is 0 Å². The monoisotopic (exact) mass is 337 g/mol.